The summed E-state index contributed by atoms with van der Waals surface area (Å²) in [6.45, 7) is 0. The number of benzene rings is 1. The highest BCUT2D eigenvalue weighted by molar-refractivity contribution is 5.58. The number of pyridine rings is 1. The van der Waals surface area contributed by atoms with Crippen molar-refractivity contribution in [3.63, 3.8) is 0 Å². The first kappa shape index (κ1) is 12.3. The predicted molar refractivity (Wildman–Crippen MR) is 69.5 cm³/mol. The van der Waals surface area contributed by atoms with Crippen molar-refractivity contribution in [2.75, 3.05) is 7.11 Å². The van der Waals surface area contributed by atoms with Gasteiger partial charge in [0.1, 0.15) is 0 Å². The first-order chi connectivity index (χ1) is 9.78. The number of ether oxygens (including phenoxy) is 1. The van der Waals surface area contributed by atoms with Crippen molar-refractivity contribution < 1.29 is 13.5 Å². The van der Waals surface area contributed by atoms with Gasteiger partial charge in [0.25, 0.3) is 0 Å². The maximum absolute atomic E-state index is 13.6. The van der Waals surface area contributed by atoms with E-state index >= 15 is 0 Å². The van der Waals surface area contributed by atoms with Gasteiger partial charge in [-0.05, 0) is 30.3 Å². The molecule has 6 heteroatoms. The predicted octanol–water partition coefficient (Wildman–Crippen LogP) is 2.95. The van der Waals surface area contributed by atoms with E-state index in [0.717, 1.165) is 0 Å². The molecule has 5 nitrogen and oxygen atoms in total. The largest absolute Gasteiger partial charge is 0.494 e. The monoisotopic (exact) mass is 271 g/mol. The first-order valence-corrected chi connectivity index (χ1v) is 5.86. The minimum absolute atomic E-state index is 0.167. The van der Waals surface area contributed by atoms with Crippen LogP contribution in [-0.4, -0.2) is 22.3 Å². The second-order valence-corrected chi connectivity index (χ2v) is 4.00. The zero-order chi connectivity index (χ0) is 13.9. The number of rotatable bonds is 3. The maximum atomic E-state index is 13.6. The lowest BCUT2D eigenvalue weighted by Gasteiger charge is -2.01. The van der Waals surface area contributed by atoms with E-state index in [1.165, 1.54) is 19.2 Å². The van der Waals surface area contributed by atoms with Crippen molar-refractivity contribution in [3.8, 4) is 28.7 Å². The molecule has 0 bridgehead atoms. The molecule has 0 atom stereocenters. The van der Waals surface area contributed by atoms with E-state index in [2.05, 4.69) is 15.2 Å². The number of methoxy groups -OCH3 is 1. The van der Waals surface area contributed by atoms with Crippen LogP contribution in [0.1, 0.15) is 0 Å². The molecule has 0 saturated carbocycles. The fourth-order valence-electron chi connectivity index (χ4n) is 1.75. The van der Waals surface area contributed by atoms with Crippen LogP contribution in [0.2, 0.25) is 0 Å². The van der Waals surface area contributed by atoms with Gasteiger partial charge in [0.15, 0.2) is 11.6 Å². The van der Waals surface area contributed by atoms with E-state index in [1.807, 2.05) is 0 Å². The third-order valence-corrected chi connectivity index (χ3v) is 2.73. The lowest BCUT2D eigenvalue weighted by atomic mass is 10.2. The molecule has 100 valence electrons. The third-order valence-electron chi connectivity index (χ3n) is 2.73. The van der Waals surface area contributed by atoms with Crippen LogP contribution in [0.5, 0.6) is 5.75 Å². The maximum Gasteiger partial charge on any atom is 0.249 e. The van der Waals surface area contributed by atoms with Crippen LogP contribution in [0, 0.1) is 5.82 Å². The smallest absolute Gasteiger partial charge is 0.249 e. The third kappa shape index (κ3) is 2.23. The Labute approximate surface area is 114 Å². The van der Waals surface area contributed by atoms with Crippen LogP contribution in [0.25, 0.3) is 22.9 Å². The molecule has 3 rings (SSSR count). The molecular formula is C14H10FN3O2. The molecule has 0 fully saturated rings. The fraction of sp³-hybridized carbons (Fsp3) is 0.0714. The standard InChI is InChI=1S/C14H10FN3O2/c1-19-12-5-4-9(7-11(12)15)13-17-18-14(20-13)10-3-2-6-16-8-10/h2-8H,1H3. The average Bonchev–Trinajstić information content (AvgIpc) is 2.98. The summed E-state index contributed by atoms with van der Waals surface area (Å²) in [7, 11) is 1.41. The van der Waals surface area contributed by atoms with Gasteiger partial charge in [-0.15, -0.1) is 10.2 Å². The molecule has 1 aromatic carbocycles. The molecule has 0 N–H and O–H groups in total. The quantitative estimate of drug-likeness (QED) is 0.733. The Morgan fingerprint density at radius 2 is 1.90 bits per heavy atom. The lowest BCUT2D eigenvalue weighted by molar-refractivity contribution is 0.386. The molecule has 0 unspecified atom stereocenters. The second-order valence-electron chi connectivity index (χ2n) is 4.00. The molecule has 0 amide bonds. The van der Waals surface area contributed by atoms with Crippen LogP contribution in [-0.2, 0) is 0 Å². The Bertz CT molecular complexity index is 728. The summed E-state index contributed by atoms with van der Waals surface area (Å²) in [5.74, 6) is 0.265. The van der Waals surface area contributed by atoms with E-state index in [4.69, 9.17) is 9.15 Å². The number of nitrogens with zero attached hydrogens (tertiary/aromatic N) is 3. The summed E-state index contributed by atoms with van der Waals surface area (Å²) in [6, 6.07) is 8.03. The van der Waals surface area contributed by atoms with Gasteiger partial charge in [-0.3, -0.25) is 4.98 Å². The second kappa shape index (κ2) is 5.08. The van der Waals surface area contributed by atoms with Crippen LogP contribution in [0.4, 0.5) is 4.39 Å². The van der Waals surface area contributed by atoms with Crippen LogP contribution in [0.3, 0.4) is 0 Å². The molecule has 0 radical (unpaired) electrons. The summed E-state index contributed by atoms with van der Waals surface area (Å²) in [4.78, 5) is 3.98. The van der Waals surface area contributed by atoms with E-state index in [1.54, 1.807) is 30.6 Å². The summed E-state index contributed by atoms with van der Waals surface area (Å²) >= 11 is 0. The van der Waals surface area contributed by atoms with Crippen molar-refractivity contribution in [3.05, 3.63) is 48.5 Å². The molecule has 2 aromatic heterocycles. The molecule has 0 aliphatic carbocycles. The van der Waals surface area contributed by atoms with Crippen LogP contribution < -0.4 is 4.74 Å². The molecule has 0 aliphatic rings. The van der Waals surface area contributed by atoms with Gasteiger partial charge < -0.3 is 9.15 Å². The van der Waals surface area contributed by atoms with Gasteiger partial charge in [0, 0.05) is 18.0 Å². The number of halogens is 1. The molecule has 20 heavy (non-hydrogen) atoms. The molecular weight excluding hydrogens is 261 g/mol. The normalized spacial score (nSPS) is 10.5. The number of hydrogen-bond donors (Lipinski definition) is 0. The zero-order valence-electron chi connectivity index (χ0n) is 10.6. The Morgan fingerprint density at radius 3 is 2.55 bits per heavy atom. The molecule has 0 spiro atoms. The summed E-state index contributed by atoms with van der Waals surface area (Å²) in [5.41, 5.74) is 1.20. The van der Waals surface area contributed by atoms with Gasteiger partial charge in [-0.2, -0.15) is 0 Å². The van der Waals surface area contributed by atoms with E-state index in [9.17, 15) is 4.39 Å². The van der Waals surface area contributed by atoms with Gasteiger partial charge >= 0.3 is 0 Å². The van der Waals surface area contributed by atoms with Crippen molar-refractivity contribution in [2.24, 2.45) is 0 Å². The van der Waals surface area contributed by atoms with Crippen LogP contribution in [0.15, 0.2) is 47.1 Å². The van der Waals surface area contributed by atoms with E-state index in [0.29, 0.717) is 17.0 Å². The number of hydrogen-bond acceptors (Lipinski definition) is 5. The van der Waals surface area contributed by atoms with Gasteiger partial charge in [-0.1, -0.05) is 0 Å². The molecule has 0 aliphatic heterocycles. The topological polar surface area (TPSA) is 61.0 Å². The fourth-order valence-corrected chi connectivity index (χ4v) is 1.75. The summed E-state index contributed by atoms with van der Waals surface area (Å²) < 4.78 is 24.0. The lowest BCUT2D eigenvalue weighted by Crippen LogP contribution is -1.88. The SMILES string of the molecule is COc1ccc(-c2nnc(-c3cccnc3)o2)cc1F. The van der Waals surface area contributed by atoms with Gasteiger partial charge in [0.05, 0.1) is 12.7 Å². The van der Waals surface area contributed by atoms with Crippen molar-refractivity contribution in [2.45, 2.75) is 0 Å². The van der Waals surface area contributed by atoms with Crippen molar-refractivity contribution in [1.82, 2.24) is 15.2 Å². The van der Waals surface area contributed by atoms with E-state index in [-0.39, 0.29) is 11.6 Å². The highest BCUT2D eigenvalue weighted by Gasteiger charge is 2.12. The minimum Gasteiger partial charge on any atom is -0.494 e. The zero-order valence-corrected chi connectivity index (χ0v) is 10.6. The Hall–Kier alpha value is -2.76. The highest BCUT2D eigenvalue weighted by Crippen LogP contribution is 2.26. The van der Waals surface area contributed by atoms with Crippen molar-refractivity contribution in [1.29, 1.82) is 0 Å². The Morgan fingerprint density at radius 1 is 1.10 bits per heavy atom. The minimum atomic E-state index is -0.480. The summed E-state index contributed by atoms with van der Waals surface area (Å²) in [6.07, 6.45) is 3.27. The van der Waals surface area contributed by atoms with Gasteiger partial charge in [-0.25, -0.2) is 4.39 Å². The Kier molecular flexibility index (Phi) is 3.12. The highest BCUT2D eigenvalue weighted by atomic mass is 19.1. The average molecular weight is 271 g/mol. The van der Waals surface area contributed by atoms with E-state index < -0.39 is 5.82 Å². The van der Waals surface area contributed by atoms with Gasteiger partial charge in [0.2, 0.25) is 11.8 Å². The first-order valence-electron chi connectivity index (χ1n) is 5.86. The summed E-state index contributed by atoms with van der Waals surface area (Å²) in [5, 5.41) is 7.83. The molecule has 3 aromatic rings. The molecule has 0 saturated heterocycles. The Balaban J connectivity index is 1.96. The number of aromatic nitrogens is 3. The molecule has 2 heterocycles. The van der Waals surface area contributed by atoms with Crippen LogP contribution >= 0.6 is 0 Å². The van der Waals surface area contributed by atoms with Crippen molar-refractivity contribution >= 4 is 0 Å².